The van der Waals surface area contributed by atoms with Crippen LogP contribution in [0, 0.1) is 11.7 Å². The van der Waals surface area contributed by atoms with Crippen molar-refractivity contribution in [2.24, 2.45) is 11.7 Å². The van der Waals surface area contributed by atoms with Crippen molar-refractivity contribution in [2.45, 2.75) is 25.3 Å². The van der Waals surface area contributed by atoms with E-state index in [9.17, 15) is 9.18 Å². The number of nitrogens with one attached hydrogen (secondary N) is 1. The number of hydrogen-bond donors (Lipinski definition) is 2. The molecule has 0 aromatic heterocycles. The molecule has 5 heteroatoms. The molecule has 1 saturated carbocycles. The maximum Gasteiger partial charge on any atom is 0.241 e. The molecule has 0 radical (unpaired) electrons. The Morgan fingerprint density at radius 2 is 2.29 bits per heavy atom. The monoisotopic (exact) mass is 300 g/mol. The van der Waals surface area contributed by atoms with Crippen LogP contribution in [0.4, 0.5) is 10.1 Å². The lowest BCUT2D eigenvalue weighted by molar-refractivity contribution is -0.117. The zero-order valence-electron chi connectivity index (χ0n) is 9.25. The number of carbonyl (C=O) groups is 1. The number of rotatable bonds is 4. The van der Waals surface area contributed by atoms with Crippen LogP contribution >= 0.6 is 15.9 Å². The molecule has 0 heterocycles. The van der Waals surface area contributed by atoms with E-state index in [0.29, 0.717) is 22.5 Å². The Bertz CT molecular complexity index is 435. The Morgan fingerprint density at radius 1 is 1.59 bits per heavy atom. The zero-order chi connectivity index (χ0) is 12.4. The van der Waals surface area contributed by atoms with E-state index in [2.05, 4.69) is 21.2 Å². The minimum Gasteiger partial charge on any atom is -0.325 e. The van der Waals surface area contributed by atoms with Gasteiger partial charge in [-0.15, -0.1) is 0 Å². The van der Waals surface area contributed by atoms with Crippen molar-refractivity contribution < 1.29 is 9.18 Å². The molecule has 0 bridgehead atoms. The summed E-state index contributed by atoms with van der Waals surface area (Å²) in [4.78, 5) is 11.7. The largest absolute Gasteiger partial charge is 0.325 e. The molecule has 1 aromatic carbocycles. The fourth-order valence-corrected chi connectivity index (χ4v) is 1.88. The highest BCUT2D eigenvalue weighted by Gasteiger charge is 2.27. The number of nitrogens with two attached hydrogens (primary N) is 1. The van der Waals surface area contributed by atoms with Gasteiger partial charge >= 0.3 is 0 Å². The lowest BCUT2D eigenvalue weighted by Gasteiger charge is -2.11. The Kier molecular flexibility index (Phi) is 3.79. The maximum absolute atomic E-state index is 13.2. The molecule has 0 saturated heterocycles. The number of carbonyl (C=O) groups excluding carboxylic acids is 1. The number of amides is 1. The second-order valence-electron chi connectivity index (χ2n) is 4.40. The standard InChI is InChI=1S/C12H14BrFN2O/c13-9-4-3-8(6-10(9)14)16-12(17)11(15)5-7-1-2-7/h3-4,6-7,11H,1-2,5,15H2,(H,16,17). The van der Waals surface area contributed by atoms with Crippen molar-refractivity contribution in [1.29, 1.82) is 0 Å². The van der Waals surface area contributed by atoms with Crippen LogP contribution in [0.5, 0.6) is 0 Å². The Morgan fingerprint density at radius 3 is 2.88 bits per heavy atom. The van der Waals surface area contributed by atoms with E-state index in [4.69, 9.17) is 5.73 Å². The summed E-state index contributed by atoms with van der Waals surface area (Å²) in [6.45, 7) is 0. The van der Waals surface area contributed by atoms with Crippen LogP contribution in [-0.4, -0.2) is 11.9 Å². The zero-order valence-corrected chi connectivity index (χ0v) is 10.8. The average Bonchev–Trinajstić information content (AvgIpc) is 3.07. The van der Waals surface area contributed by atoms with Gasteiger partial charge in [-0.25, -0.2) is 4.39 Å². The lowest BCUT2D eigenvalue weighted by atomic mass is 10.1. The minimum absolute atomic E-state index is 0.251. The Balaban J connectivity index is 1.94. The summed E-state index contributed by atoms with van der Waals surface area (Å²) in [7, 11) is 0. The van der Waals surface area contributed by atoms with E-state index in [1.54, 1.807) is 12.1 Å². The highest BCUT2D eigenvalue weighted by Crippen LogP contribution is 2.33. The molecule has 1 aromatic rings. The van der Waals surface area contributed by atoms with Gasteiger partial charge < -0.3 is 11.1 Å². The number of anilines is 1. The van der Waals surface area contributed by atoms with Crippen molar-refractivity contribution in [1.82, 2.24) is 0 Å². The minimum atomic E-state index is -0.505. The van der Waals surface area contributed by atoms with Crippen molar-refractivity contribution >= 4 is 27.5 Å². The first-order valence-corrected chi connectivity index (χ1v) is 6.37. The maximum atomic E-state index is 13.2. The molecule has 1 atom stereocenters. The Hall–Kier alpha value is -0.940. The van der Waals surface area contributed by atoms with Gasteiger partial charge in [0.2, 0.25) is 5.91 Å². The van der Waals surface area contributed by atoms with Crippen LogP contribution < -0.4 is 11.1 Å². The van der Waals surface area contributed by atoms with Gasteiger partial charge in [-0.1, -0.05) is 12.8 Å². The van der Waals surface area contributed by atoms with E-state index in [0.717, 1.165) is 12.8 Å². The SMILES string of the molecule is NC(CC1CC1)C(=O)Nc1ccc(Br)c(F)c1. The van der Waals surface area contributed by atoms with Crippen molar-refractivity contribution in [3.8, 4) is 0 Å². The third-order valence-corrected chi connectivity index (χ3v) is 3.45. The molecule has 0 spiro atoms. The molecule has 17 heavy (non-hydrogen) atoms. The number of benzene rings is 1. The van der Waals surface area contributed by atoms with Crippen molar-refractivity contribution in [3.63, 3.8) is 0 Å². The molecule has 1 aliphatic carbocycles. The second-order valence-corrected chi connectivity index (χ2v) is 5.26. The fraction of sp³-hybridized carbons (Fsp3) is 0.417. The predicted octanol–water partition coefficient (Wildman–Crippen LogP) is 2.65. The first-order valence-electron chi connectivity index (χ1n) is 5.58. The number of halogens is 2. The molecule has 1 amide bonds. The molecule has 3 N–H and O–H groups in total. The smallest absolute Gasteiger partial charge is 0.241 e. The van der Waals surface area contributed by atoms with Gasteiger partial charge in [-0.2, -0.15) is 0 Å². The molecule has 2 rings (SSSR count). The van der Waals surface area contributed by atoms with E-state index < -0.39 is 11.9 Å². The van der Waals surface area contributed by atoms with E-state index in [1.807, 2.05) is 0 Å². The first kappa shape index (κ1) is 12.5. The van der Waals surface area contributed by atoms with Gasteiger partial charge in [0.25, 0.3) is 0 Å². The number of hydrogen-bond acceptors (Lipinski definition) is 2. The van der Waals surface area contributed by atoms with Gasteiger partial charge in [-0.3, -0.25) is 4.79 Å². The van der Waals surface area contributed by atoms with Gasteiger partial charge in [-0.05, 0) is 46.5 Å². The van der Waals surface area contributed by atoms with Crippen molar-refractivity contribution in [3.05, 3.63) is 28.5 Å². The molecule has 1 fully saturated rings. The van der Waals surface area contributed by atoms with Gasteiger partial charge in [0.05, 0.1) is 10.5 Å². The lowest BCUT2D eigenvalue weighted by Crippen LogP contribution is -2.36. The highest BCUT2D eigenvalue weighted by molar-refractivity contribution is 9.10. The summed E-state index contributed by atoms with van der Waals surface area (Å²) < 4.78 is 13.6. The molecule has 3 nitrogen and oxygen atoms in total. The van der Waals surface area contributed by atoms with Gasteiger partial charge in [0.15, 0.2) is 0 Å². The normalized spacial score (nSPS) is 16.6. The predicted molar refractivity (Wildman–Crippen MR) is 68.0 cm³/mol. The van der Waals surface area contributed by atoms with Gasteiger partial charge in [0.1, 0.15) is 5.82 Å². The molecule has 0 aliphatic heterocycles. The van der Waals surface area contributed by atoms with E-state index in [1.165, 1.54) is 6.07 Å². The first-order chi connectivity index (χ1) is 8.06. The highest BCUT2D eigenvalue weighted by atomic mass is 79.9. The molecule has 1 unspecified atom stereocenters. The summed E-state index contributed by atoms with van der Waals surface area (Å²) in [5.41, 5.74) is 6.19. The molecular weight excluding hydrogens is 287 g/mol. The van der Waals surface area contributed by atoms with Crippen LogP contribution in [-0.2, 0) is 4.79 Å². The molecule has 1 aliphatic rings. The van der Waals surface area contributed by atoms with Crippen LogP contribution in [0.15, 0.2) is 22.7 Å². The van der Waals surface area contributed by atoms with E-state index >= 15 is 0 Å². The van der Waals surface area contributed by atoms with Crippen LogP contribution in [0.25, 0.3) is 0 Å². The summed E-state index contributed by atoms with van der Waals surface area (Å²) in [5.74, 6) is -0.0606. The molecular formula is C12H14BrFN2O. The van der Waals surface area contributed by atoms with Crippen molar-refractivity contribution in [2.75, 3.05) is 5.32 Å². The average molecular weight is 301 g/mol. The topological polar surface area (TPSA) is 55.1 Å². The van der Waals surface area contributed by atoms with E-state index in [-0.39, 0.29) is 5.91 Å². The quantitative estimate of drug-likeness (QED) is 0.898. The van der Waals surface area contributed by atoms with Crippen LogP contribution in [0.2, 0.25) is 0 Å². The summed E-state index contributed by atoms with van der Waals surface area (Å²) in [6, 6.07) is 3.95. The molecule has 92 valence electrons. The second kappa shape index (κ2) is 5.14. The summed E-state index contributed by atoms with van der Waals surface area (Å²) >= 11 is 3.05. The summed E-state index contributed by atoms with van der Waals surface area (Å²) in [6.07, 6.45) is 3.03. The van der Waals surface area contributed by atoms with Crippen LogP contribution in [0.1, 0.15) is 19.3 Å². The van der Waals surface area contributed by atoms with Crippen LogP contribution in [0.3, 0.4) is 0 Å². The third kappa shape index (κ3) is 3.51. The summed E-state index contributed by atoms with van der Waals surface area (Å²) in [5, 5.41) is 2.62. The third-order valence-electron chi connectivity index (χ3n) is 2.81. The Labute approximate surface area is 108 Å². The van der Waals surface area contributed by atoms with Gasteiger partial charge in [0, 0.05) is 5.69 Å². The fourth-order valence-electron chi connectivity index (χ4n) is 1.63.